The van der Waals surface area contributed by atoms with Crippen LogP contribution < -0.4 is 10.6 Å². The molecule has 0 aliphatic heterocycles. The molecule has 0 radical (unpaired) electrons. The molecule has 2 N–H and O–H groups in total. The van der Waals surface area contributed by atoms with Gasteiger partial charge in [0, 0.05) is 66.7 Å². The average molecular weight is 712 g/mol. The number of hydrogen-bond donors (Lipinski definition) is 2. The highest BCUT2D eigenvalue weighted by Crippen LogP contribution is 2.41. The summed E-state index contributed by atoms with van der Waals surface area (Å²) in [5.41, 5.74) is 2.44. The summed E-state index contributed by atoms with van der Waals surface area (Å²) in [6.45, 7) is 17.9. The molecule has 7 nitrogen and oxygen atoms in total. The van der Waals surface area contributed by atoms with Crippen LogP contribution in [0.25, 0.3) is 16.6 Å². The molecule has 0 spiro atoms. The third kappa shape index (κ3) is 12.2. The SMILES string of the molecule is C=NC(=NCCCNC(=C)c1ccn(C2CCC(F)(F)C2)c1)c1cc2c(NC(CF)CCN(C)CC)cccc2n1CC(F)(F)F.CC.CC. The van der Waals surface area contributed by atoms with E-state index >= 15 is 0 Å². The number of aliphatic imine (C=N–C) groups is 2. The first-order valence-corrected chi connectivity index (χ1v) is 17.5. The number of fused-ring (bicyclic) bond motifs is 1. The first-order valence-electron chi connectivity index (χ1n) is 17.5. The molecule has 1 fully saturated rings. The van der Waals surface area contributed by atoms with Crippen molar-refractivity contribution in [3.05, 3.63) is 60.6 Å². The summed E-state index contributed by atoms with van der Waals surface area (Å²) in [6.07, 6.45) is 0.263. The molecule has 1 aliphatic rings. The van der Waals surface area contributed by atoms with Gasteiger partial charge in [-0.05, 0) is 70.4 Å². The summed E-state index contributed by atoms with van der Waals surface area (Å²) in [6, 6.07) is 7.63. The molecule has 50 heavy (non-hydrogen) atoms. The van der Waals surface area contributed by atoms with Crippen LogP contribution in [0, 0.1) is 0 Å². The highest BCUT2D eigenvalue weighted by molar-refractivity contribution is 6.06. The van der Waals surface area contributed by atoms with E-state index in [4.69, 9.17) is 0 Å². The Balaban J connectivity index is 0.00000209. The Labute approximate surface area is 293 Å². The van der Waals surface area contributed by atoms with E-state index in [0.717, 1.165) is 16.7 Å². The van der Waals surface area contributed by atoms with Crippen molar-refractivity contribution in [3.63, 3.8) is 0 Å². The van der Waals surface area contributed by atoms with Crippen LogP contribution in [0.4, 0.5) is 32.0 Å². The Hall–Kier alpha value is -3.74. The molecule has 0 bridgehead atoms. The van der Waals surface area contributed by atoms with Gasteiger partial charge in [0.25, 0.3) is 0 Å². The average Bonchev–Trinajstić information content (AvgIpc) is 3.83. The lowest BCUT2D eigenvalue weighted by atomic mass is 10.1. The van der Waals surface area contributed by atoms with E-state index in [1.807, 2.05) is 47.7 Å². The molecule has 1 aliphatic carbocycles. The van der Waals surface area contributed by atoms with E-state index in [1.54, 1.807) is 41.2 Å². The summed E-state index contributed by atoms with van der Waals surface area (Å²) in [7, 11) is 1.94. The summed E-state index contributed by atoms with van der Waals surface area (Å²) >= 11 is 0. The molecule has 4 rings (SSSR count). The zero-order valence-electron chi connectivity index (χ0n) is 30.4. The minimum atomic E-state index is -4.51. The molecule has 1 aromatic carbocycles. The van der Waals surface area contributed by atoms with Crippen LogP contribution in [-0.4, -0.2) is 84.6 Å². The standard InChI is InChI=1S/C33H43F6N7.2C2H6/c1-5-44(4)16-12-25(20-34)43-28-8-6-9-29-27(28)18-30(46(29)22-33(37,38)39)31(40-3)42-15-7-14-41-23(2)24-11-17-45(21-24)26-10-13-32(35,36)19-26;2*1-2/h6,8-9,11,17-18,21,25-26,41,43H,2-3,5,7,10,12-16,19-20,22H2,1,4H3;2*1-2H3. The van der Waals surface area contributed by atoms with Crippen molar-refractivity contribution in [3.8, 4) is 0 Å². The van der Waals surface area contributed by atoms with Crippen molar-refractivity contribution >= 4 is 34.8 Å². The summed E-state index contributed by atoms with van der Waals surface area (Å²) in [5, 5.41) is 6.89. The largest absolute Gasteiger partial charge is 0.406 e. The van der Waals surface area contributed by atoms with Gasteiger partial charge in [-0.2, -0.15) is 13.2 Å². The molecular formula is C37H55F6N7. The molecule has 3 aromatic rings. The molecule has 13 heteroatoms. The summed E-state index contributed by atoms with van der Waals surface area (Å²) in [5.74, 6) is -2.56. The highest BCUT2D eigenvalue weighted by atomic mass is 19.4. The van der Waals surface area contributed by atoms with Crippen molar-refractivity contribution in [2.75, 3.05) is 45.2 Å². The molecular weight excluding hydrogens is 656 g/mol. The van der Waals surface area contributed by atoms with Crippen molar-refractivity contribution in [1.29, 1.82) is 0 Å². The summed E-state index contributed by atoms with van der Waals surface area (Å²) < 4.78 is 85.3. The Kier molecular flexibility index (Phi) is 17.1. The van der Waals surface area contributed by atoms with E-state index in [2.05, 4.69) is 38.8 Å². The second kappa shape index (κ2) is 20.2. The first-order chi connectivity index (χ1) is 23.8. The molecule has 0 amide bonds. The van der Waals surface area contributed by atoms with Gasteiger partial charge < -0.3 is 24.7 Å². The van der Waals surface area contributed by atoms with Crippen LogP contribution >= 0.6 is 0 Å². The van der Waals surface area contributed by atoms with Gasteiger partial charge in [0.1, 0.15) is 13.2 Å². The lowest BCUT2D eigenvalue weighted by molar-refractivity contribution is -0.139. The second-order valence-electron chi connectivity index (χ2n) is 11.9. The minimum absolute atomic E-state index is 0.0716. The van der Waals surface area contributed by atoms with Crippen LogP contribution in [0.1, 0.15) is 84.0 Å². The molecule has 2 unspecified atom stereocenters. The highest BCUT2D eigenvalue weighted by Gasteiger charge is 2.40. The maximum Gasteiger partial charge on any atom is 0.406 e. The van der Waals surface area contributed by atoms with Gasteiger partial charge in [0.15, 0.2) is 5.84 Å². The summed E-state index contributed by atoms with van der Waals surface area (Å²) in [4.78, 5) is 10.5. The molecule has 280 valence electrons. The molecule has 1 saturated carbocycles. The van der Waals surface area contributed by atoms with E-state index < -0.39 is 31.4 Å². The van der Waals surface area contributed by atoms with Crippen LogP contribution in [0.2, 0.25) is 0 Å². The van der Waals surface area contributed by atoms with Gasteiger partial charge in [-0.3, -0.25) is 4.99 Å². The Morgan fingerprint density at radius 2 is 1.88 bits per heavy atom. The quantitative estimate of drug-likeness (QED) is 0.0674. The monoisotopic (exact) mass is 711 g/mol. The molecule has 2 aromatic heterocycles. The number of benzene rings is 1. The fourth-order valence-corrected chi connectivity index (χ4v) is 5.70. The van der Waals surface area contributed by atoms with Gasteiger partial charge >= 0.3 is 6.18 Å². The van der Waals surface area contributed by atoms with E-state index in [0.29, 0.717) is 54.6 Å². The zero-order valence-corrected chi connectivity index (χ0v) is 30.4. The van der Waals surface area contributed by atoms with Crippen LogP contribution in [0.5, 0.6) is 0 Å². The van der Waals surface area contributed by atoms with Crippen LogP contribution in [0.3, 0.4) is 0 Å². The Bertz CT molecular complexity index is 1510. The Morgan fingerprint density at radius 3 is 2.48 bits per heavy atom. The number of halogens is 6. The normalized spacial score (nSPS) is 16.3. The van der Waals surface area contributed by atoms with E-state index in [9.17, 15) is 26.3 Å². The fraction of sp³-hybridized carbons (Fsp3) is 0.568. The maximum atomic E-state index is 13.9. The first kappa shape index (κ1) is 42.4. The lowest BCUT2D eigenvalue weighted by Crippen LogP contribution is -2.29. The van der Waals surface area contributed by atoms with Crippen molar-refractivity contribution in [2.24, 2.45) is 9.98 Å². The fourth-order valence-electron chi connectivity index (χ4n) is 5.70. The smallest absolute Gasteiger partial charge is 0.385 e. The number of aromatic nitrogens is 2. The number of anilines is 1. The predicted molar refractivity (Wildman–Crippen MR) is 197 cm³/mol. The van der Waals surface area contributed by atoms with Gasteiger partial charge in [-0.25, -0.2) is 18.2 Å². The van der Waals surface area contributed by atoms with Crippen LogP contribution in [0.15, 0.2) is 59.3 Å². The lowest BCUT2D eigenvalue weighted by Gasteiger charge is -2.21. The van der Waals surface area contributed by atoms with E-state index in [1.165, 1.54) is 0 Å². The number of rotatable bonds is 16. The third-order valence-electron chi connectivity index (χ3n) is 8.40. The minimum Gasteiger partial charge on any atom is -0.385 e. The molecule has 2 heterocycles. The molecule has 2 atom stereocenters. The van der Waals surface area contributed by atoms with Gasteiger partial charge in [-0.1, -0.05) is 47.3 Å². The third-order valence-corrected chi connectivity index (χ3v) is 8.40. The number of nitrogens with zero attached hydrogens (tertiary/aromatic N) is 5. The topological polar surface area (TPSA) is 61.9 Å². The zero-order chi connectivity index (χ0) is 37.5. The maximum absolute atomic E-state index is 13.9. The van der Waals surface area contributed by atoms with E-state index in [-0.39, 0.29) is 37.0 Å². The number of nitrogens with one attached hydrogen (secondary N) is 2. The van der Waals surface area contributed by atoms with Gasteiger partial charge in [0.2, 0.25) is 5.92 Å². The number of hydrogen-bond acceptors (Lipinski definition) is 4. The number of alkyl halides is 6. The van der Waals surface area contributed by atoms with Crippen molar-refractivity contribution in [2.45, 2.75) is 97.5 Å². The van der Waals surface area contributed by atoms with Gasteiger partial charge in [0.05, 0.1) is 17.3 Å². The van der Waals surface area contributed by atoms with Crippen molar-refractivity contribution in [1.82, 2.24) is 19.4 Å². The number of amidine groups is 1. The Morgan fingerprint density at radius 1 is 1.16 bits per heavy atom. The van der Waals surface area contributed by atoms with Crippen LogP contribution in [-0.2, 0) is 6.54 Å². The van der Waals surface area contributed by atoms with Gasteiger partial charge in [-0.15, -0.1) is 0 Å². The van der Waals surface area contributed by atoms with Crippen molar-refractivity contribution < 1.29 is 26.3 Å². The predicted octanol–water partition coefficient (Wildman–Crippen LogP) is 9.61. The molecule has 0 saturated heterocycles. The second-order valence-corrected chi connectivity index (χ2v) is 11.9.